The molecular formula is C19H17ClFN5S. The Kier molecular flexibility index (Phi) is 5.73. The lowest BCUT2D eigenvalue weighted by Crippen LogP contribution is -2.22. The van der Waals surface area contributed by atoms with E-state index in [2.05, 4.69) is 20.3 Å². The van der Waals surface area contributed by atoms with Crippen LogP contribution in [0.2, 0.25) is 0 Å². The number of hydrogen-bond donors (Lipinski definition) is 3. The van der Waals surface area contributed by atoms with E-state index in [0.717, 1.165) is 27.9 Å². The number of benzene rings is 2. The van der Waals surface area contributed by atoms with Gasteiger partial charge in [-0.05, 0) is 29.8 Å². The second-order valence-electron chi connectivity index (χ2n) is 5.76. The molecule has 0 aliphatic carbocycles. The number of thiazole rings is 1. The van der Waals surface area contributed by atoms with Crippen LogP contribution in [-0.4, -0.2) is 15.9 Å². The lowest BCUT2D eigenvalue weighted by atomic mass is 10.2. The molecule has 0 fully saturated rings. The molecule has 0 spiro atoms. The molecule has 2 heterocycles. The van der Waals surface area contributed by atoms with Crippen LogP contribution >= 0.6 is 23.7 Å². The van der Waals surface area contributed by atoms with E-state index >= 15 is 0 Å². The number of aromatic nitrogens is 2. The van der Waals surface area contributed by atoms with Gasteiger partial charge in [-0.1, -0.05) is 30.3 Å². The first-order valence-electron chi connectivity index (χ1n) is 8.02. The number of H-pyrrole nitrogens is 1. The molecule has 4 aromatic rings. The van der Waals surface area contributed by atoms with Crippen molar-refractivity contribution in [3.8, 4) is 11.4 Å². The molecule has 5 nitrogen and oxygen atoms in total. The van der Waals surface area contributed by atoms with Crippen LogP contribution in [0.1, 0.15) is 5.56 Å². The van der Waals surface area contributed by atoms with Gasteiger partial charge in [-0.15, -0.1) is 23.7 Å². The Morgan fingerprint density at radius 1 is 1.19 bits per heavy atom. The number of guanidine groups is 1. The summed E-state index contributed by atoms with van der Waals surface area (Å²) in [7, 11) is 0. The van der Waals surface area contributed by atoms with Crippen molar-refractivity contribution in [2.24, 2.45) is 10.7 Å². The Morgan fingerprint density at radius 3 is 2.81 bits per heavy atom. The summed E-state index contributed by atoms with van der Waals surface area (Å²) in [6, 6.07) is 16.4. The number of fused-ring (bicyclic) bond motifs is 1. The van der Waals surface area contributed by atoms with Crippen molar-refractivity contribution in [1.29, 1.82) is 0 Å². The van der Waals surface area contributed by atoms with Crippen molar-refractivity contribution >= 4 is 45.7 Å². The normalized spacial score (nSPS) is 11.4. The number of nitrogens with two attached hydrogens (primary N) is 1. The summed E-state index contributed by atoms with van der Waals surface area (Å²) in [5, 5.41) is 6.38. The maximum atomic E-state index is 13.3. The molecule has 0 radical (unpaired) electrons. The summed E-state index contributed by atoms with van der Waals surface area (Å²) in [5.41, 5.74) is 9.49. The average Bonchev–Trinajstić information content (AvgIpc) is 3.27. The van der Waals surface area contributed by atoms with Crippen LogP contribution in [0.15, 0.2) is 65.0 Å². The van der Waals surface area contributed by atoms with E-state index < -0.39 is 0 Å². The van der Waals surface area contributed by atoms with Gasteiger partial charge in [0.1, 0.15) is 5.82 Å². The van der Waals surface area contributed by atoms with E-state index in [-0.39, 0.29) is 18.2 Å². The van der Waals surface area contributed by atoms with Gasteiger partial charge in [-0.3, -0.25) is 0 Å². The van der Waals surface area contributed by atoms with Gasteiger partial charge in [0.15, 0.2) is 11.1 Å². The minimum Gasteiger partial charge on any atom is -0.370 e. The predicted molar refractivity (Wildman–Crippen MR) is 112 cm³/mol. The number of rotatable bonds is 4. The summed E-state index contributed by atoms with van der Waals surface area (Å²) < 4.78 is 13.3. The van der Waals surface area contributed by atoms with Gasteiger partial charge < -0.3 is 16.0 Å². The highest BCUT2D eigenvalue weighted by atomic mass is 35.5. The van der Waals surface area contributed by atoms with E-state index in [9.17, 15) is 4.39 Å². The molecule has 0 bridgehead atoms. The van der Waals surface area contributed by atoms with Crippen LogP contribution in [0.25, 0.3) is 22.3 Å². The molecule has 4 rings (SSSR count). The third-order valence-corrected chi connectivity index (χ3v) is 4.63. The topological polar surface area (TPSA) is 79.1 Å². The Hall–Kier alpha value is -2.90. The largest absolute Gasteiger partial charge is 0.370 e. The third kappa shape index (κ3) is 4.45. The van der Waals surface area contributed by atoms with Crippen LogP contribution in [0.5, 0.6) is 0 Å². The lowest BCUT2D eigenvalue weighted by Gasteiger charge is -2.01. The van der Waals surface area contributed by atoms with Crippen molar-refractivity contribution in [2.75, 3.05) is 5.32 Å². The minimum absolute atomic E-state index is 0. The Morgan fingerprint density at radius 2 is 2.00 bits per heavy atom. The van der Waals surface area contributed by atoms with Gasteiger partial charge in [-0.2, -0.15) is 0 Å². The molecule has 27 heavy (non-hydrogen) atoms. The van der Waals surface area contributed by atoms with E-state index in [1.54, 1.807) is 6.07 Å². The molecule has 0 unspecified atom stereocenters. The molecule has 2 aromatic carbocycles. The zero-order chi connectivity index (χ0) is 17.9. The maximum Gasteiger partial charge on any atom is 0.195 e. The van der Waals surface area contributed by atoms with Crippen LogP contribution < -0.4 is 11.1 Å². The standard InChI is InChI=1S/C19H16FN5S.ClH/c20-14-6-7-15-13(8-14)9-16(23-15)17-11-26-19(24-17)25-18(21)22-10-12-4-2-1-3-5-12;/h1-9,11,23H,10H2,(H3,21,22,24,25);1H. The fourth-order valence-corrected chi connectivity index (χ4v) is 3.32. The van der Waals surface area contributed by atoms with Crippen molar-refractivity contribution in [3.63, 3.8) is 0 Å². The van der Waals surface area contributed by atoms with Gasteiger partial charge in [-0.25, -0.2) is 14.4 Å². The van der Waals surface area contributed by atoms with E-state index in [1.807, 2.05) is 41.8 Å². The van der Waals surface area contributed by atoms with Crippen molar-refractivity contribution in [2.45, 2.75) is 6.54 Å². The quantitative estimate of drug-likeness (QED) is 0.340. The molecule has 0 atom stereocenters. The van der Waals surface area contributed by atoms with Gasteiger partial charge >= 0.3 is 0 Å². The van der Waals surface area contributed by atoms with Crippen LogP contribution in [0.3, 0.4) is 0 Å². The Bertz CT molecular complexity index is 1070. The van der Waals surface area contributed by atoms with Crippen molar-refractivity contribution < 1.29 is 4.39 Å². The van der Waals surface area contributed by atoms with Crippen molar-refractivity contribution in [3.05, 3.63) is 71.4 Å². The number of nitrogens with zero attached hydrogens (tertiary/aromatic N) is 2. The van der Waals surface area contributed by atoms with E-state index in [4.69, 9.17) is 5.73 Å². The van der Waals surface area contributed by atoms with Gasteiger partial charge in [0.05, 0.1) is 17.9 Å². The lowest BCUT2D eigenvalue weighted by molar-refractivity contribution is 0.630. The van der Waals surface area contributed by atoms with Crippen molar-refractivity contribution in [1.82, 2.24) is 9.97 Å². The average molecular weight is 402 g/mol. The number of hydrogen-bond acceptors (Lipinski definition) is 3. The number of aromatic amines is 1. The molecule has 0 aliphatic rings. The van der Waals surface area contributed by atoms with Crippen LogP contribution in [-0.2, 0) is 6.54 Å². The first kappa shape index (κ1) is 18.9. The summed E-state index contributed by atoms with van der Waals surface area (Å²) >= 11 is 1.43. The zero-order valence-corrected chi connectivity index (χ0v) is 15.8. The second kappa shape index (κ2) is 8.20. The van der Waals surface area contributed by atoms with Gasteiger partial charge in [0, 0.05) is 16.3 Å². The molecule has 0 aliphatic heterocycles. The fourth-order valence-electron chi connectivity index (χ4n) is 2.61. The van der Waals surface area contributed by atoms with E-state index in [0.29, 0.717) is 17.6 Å². The summed E-state index contributed by atoms with van der Waals surface area (Å²) in [4.78, 5) is 12.1. The number of aliphatic imine (C=N–C) groups is 1. The first-order valence-corrected chi connectivity index (χ1v) is 8.90. The SMILES string of the molecule is Cl.NC(=NCc1ccccc1)Nc1nc(-c2cc3cc(F)ccc3[nH]2)cs1. The molecule has 0 amide bonds. The highest BCUT2D eigenvalue weighted by Crippen LogP contribution is 2.27. The predicted octanol–water partition coefficient (Wildman–Crippen LogP) is 4.78. The van der Waals surface area contributed by atoms with E-state index in [1.165, 1.54) is 23.5 Å². The van der Waals surface area contributed by atoms with Crippen LogP contribution in [0, 0.1) is 5.82 Å². The fraction of sp³-hybridized carbons (Fsp3) is 0.0526. The number of nitrogens with one attached hydrogen (secondary N) is 2. The molecule has 4 N–H and O–H groups in total. The summed E-state index contributed by atoms with van der Waals surface area (Å²) in [6.45, 7) is 0.505. The molecule has 0 saturated heterocycles. The highest BCUT2D eigenvalue weighted by Gasteiger charge is 2.09. The number of halogens is 2. The molecule has 0 saturated carbocycles. The Labute approximate surface area is 165 Å². The minimum atomic E-state index is -0.258. The Balaban J connectivity index is 0.00000210. The molecule has 2 aromatic heterocycles. The second-order valence-corrected chi connectivity index (χ2v) is 6.62. The first-order chi connectivity index (χ1) is 12.7. The molecule has 138 valence electrons. The third-order valence-electron chi connectivity index (χ3n) is 3.87. The van der Waals surface area contributed by atoms with Gasteiger partial charge in [0.2, 0.25) is 0 Å². The summed E-state index contributed by atoms with van der Waals surface area (Å²) in [6.07, 6.45) is 0. The highest BCUT2D eigenvalue weighted by molar-refractivity contribution is 7.14. The molecular weight excluding hydrogens is 385 g/mol. The number of anilines is 1. The zero-order valence-electron chi connectivity index (χ0n) is 14.1. The maximum absolute atomic E-state index is 13.3. The van der Waals surface area contributed by atoms with Crippen LogP contribution in [0.4, 0.5) is 9.52 Å². The summed E-state index contributed by atoms with van der Waals surface area (Å²) in [5.74, 6) is 0.0551. The smallest absolute Gasteiger partial charge is 0.195 e. The van der Waals surface area contributed by atoms with Gasteiger partial charge in [0.25, 0.3) is 0 Å². The molecule has 8 heteroatoms. The monoisotopic (exact) mass is 401 g/mol.